The maximum atomic E-state index is 9.55. The molecule has 2 saturated carbocycles. The lowest BCUT2D eigenvalue weighted by Crippen LogP contribution is -2.42. The summed E-state index contributed by atoms with van der Waals surface area (Å²) in [5.74, 6) is 0.697. The summed E-state index contributed by atoms with van der Waals surface area (Å²) < 4.78 is 0. The van der Waals surface area contributed by atoms with Gasteiger partial charge in [-0.25, -0.2) is 0 Å². The molecule has 46 valence electrons. The summed E-state index contributed by atoms with van der Waals surface area (Å²) >= 11 is 0. The SMILES string of the molecule is OC12CCCC1CC2. The standard InChI is InChI=1S/C7H12O/c8-7-4-1-2-6(7)3-5-7/h6,8H,1-5H2. The Hall–Kier alpha value is -0.0400. The third-order valence-electron chi connectivity index (χ3n) is 2.85. The molecule has 0 saturated heterocycles. The average molecular weight is 112 g/mol. The third kappa shape index (κ3) is 0.408. The molecule has 2 fully saturated rings. The van der Waals surface area contributed by atoms with Crippen LogP contribution in [-0.4, -0.2) is 10.7 Å². The molecule has 1 N–H and O–H groups in total. The van der Waals surface area contributed by atoms with Crippen molar-refractivity contribution >= 4 is 0 Å². The van der Waals surface area contributed by atoms with E-state index in [2.05, 4.69) is 0 Å². The summed E-state index contributed by atoms with van der Waals surface area (Å²) in [5.41, 5.74) is -0.167. The maximum Gasteiger partial charge on any atom is 0.0676 e. The van der Waals surface area contributed by atoms with Gasteiger partial charge in [0.15, 0.2) is 0 Å². The van der Waals surface area contributed by atoms with E-state index in [1.165, 1.54) is 19.3 Å². The Morgan fingerprint density at radius 3 is 2.38 bits per heavy atom. The van der Waals surface area contributed by atoms with Crippen LogP contribution in [0.1, 0.15) is 32.1 Å². The topological polar surface area (TPSA) is 20.2 Å². The molecule has 0 spiro atoms. The summed E-state index contributed by atoms with van der Waals surface area (Å²) in [4.78, 5) is 0. The highest BCUT2D eigenvalue weighted by atomic mass is 16.3. The highest BCUT2D eigenvalue weighted by molar-refractivity contribution is 5.00. The molecule has 0 bridgehead atoms. The first-order chi connectivity index (χ1) is 3.81. The fraction of sp³-hybridized carbons (Fsp3) is 1.00. The Bertz CT molecular complexity index is 111. The van der Waals surface area contributed by atoms with Crippen LogP contribution in [0.3, 0.4) is 0 Å². The molecule has 1 heteroatoms. The molecule has 8 heavy (non-hydrogen) atoms. The van der Waals surface area contributed by atoms with Crippen LogP contribution in [0.25, 0.3) is 0 Å². The van der Waals surface area contributed by atoms with Crippen LogP contribution in [0.2, 0.25) is 0 Å². The number of hydrogen-bond donors (Lipinski definition) is 1. The van der Waals surface area contributed by atoms with Crippen molar-refractivity contribution in [3.8, 4) is 0 Å². The van der Waals surface area contributed by atoms with Crippen molar-refractivity contribution in [2.75, 3.05) is 0 Å². The van der Waals surface area contributed by atoms with Crippen LogP contribution in [0.4, 0.5) is 0 Å². The largest absolute Gasteiger partial charge is 0.390 e. The second-order valence-electron chi connectivity index (χ2n) is 3.23. The van der Waals surface area contributed by atoms with E-state index in [9.17, 15) is 5.11 Å². The fourth-order valence-corrected chi connectivity index (χ4v) is 2.08. The van der Waals surface area contributed by atoms with Gasteiger partial charge in [-0.05, 0) is 31.6 Å². The second-order valence-corrected chi connectivity index (χ2v) is 3.23. The molecule has 0 aromatic heterocycles. The summed E-state index contributed by atoms with van der Waals surface area (Å²) in [6.45, 7) is 0. The molecule has 0 amide bonds. The Morgan fingerprint density at radius 1 is 1.25 bits per heavy atom. The predicted octanol–water partition coefficient (Wildman–Crippen LogP) is 1.31. The van der Waals surface area contributed by atoms with Crippen molar-refractivity contribution in [3.63, 3.8) is 0 Å². The number of aliphatic hydroxyl groups is 1. The van der Waals surface area contributed by atoms with Gasteiger partial charge >= 0.3 is 0 Å². The summed E-state index contributed by atoms with van der Waals surface area (Å²) in [6.07, 6.45) is 6.00. The Kier molecular flexibility index (Phi) is 0.762. The van der Waals surface area contributed by atoms with E-state index >= 15 is 0 Å². The van der Waals surface area contributed by atoms with Crippen LogP contribution in [-0.2, 0) is 0 Å². The van der Waals surface area contributed by atoms with E-state index in [1.54, 1.807) is 0 Å². The maximum absolute atomic E-state index is 9.55. The highest BCUT2D eigenvalue weighted by Gasteiger charge is 2.47. The van der Waals surface area contributed by atoms with E-state index in [0.717, 1.165) is 12.8 Å². The lowest BCUT2D eigenvalue weighted by Gasteiger charge is -2.40. The molecule has 2 aliphatic carbocycles. The zero-order valence-corrected chi connectivity index (χ0v) is 5.06. The van der Waals surface area contributed by atoms with Crippen LogP contribution in [0.15, 0.2) is 0 Å². The van der Waals surface area contributed by atoms with Gasteiger partial charge in [0.05, 0.1) is 5.60 Å². The molecule has 2 unspecified atom stereocenters. The van der Waals surface area contributed by atoms with Crippen molar-refractivity contribution in [1.82, 2.24) is 0 Å². The van der Waals surface area contributed by atoms with Gasteiger partial charge in [-0.2, -0.15) is 0 Å². The molecule has 0 radical (unpaired) electrons. The van der Waals surface area contributed by atoms with Gasteiger partial charge in [0.1, 0.15) is 0 Å². The molecule has 2 rings (SSSR count). The highest BCUT2D eigenvalue weighted by Crippen LogP contribution is 2.49. The molecule has 0 aliphatic heterocycles. The third-order valence-corrected chi connectivity index (χ3v) is 2.85. The van der Waals surface area contributed by atoms with Gasteiger partial charge in [0, 0.05) is 0 Å². The summed E-state index contributed by atoms with van der Waals surface area (Å²) in [5, 5.41) is 9.55. The van der Waals surface area contributed by atoms with Crippen molar-refractivity contribution in [2.45, 2.75) is 37.7 Å². The van der Waals surface area contributed by atoms with E-state index < -0.39 is 0 Å². The molecule has 1 nitrogen and oxygen atoms in total. The van der Waals surface area contributed by atoms with Crippen LogP contribution in [0, 0.1) is 5.92 Å². The van der Waals surface area contributed by atoms with Gasteiger partial charge in [0.25, 0.3) is 0 Å². The fourth-order valence-electron chi connectivity index (χ4n) is 2.08. The first kappa shape index (κ1) is 4.80. The Labute approximate surface area is 49.7 Å². The summed E-state index contributed by atoms with van der Waals surface area (Å²) in [7, 11) is 0. The number of fused-ring (bicyclic) bond motifs is 1. The first-order valence-corrected chi connectivity index (χ1v) is 3.54. The molecular formula is C7H12O. The molecule has 0 aromatic carbocycles. The minimum atomic E-state index is -0.167. The normalized spacial score (nSPS) is 52.9. The minimum absolute atomic E-state index is 0.167. The lowest BCUT2D eigenvalue weighted by atomic mass is 9.72. The second kappa shape index (κ2) is 1.27. The predicted molar refractivity (Wildman–Crippen MR) is 31.5 cm³/mol. The van der Waals surface area contributed by atoms with Gasteiger partial charge in [-0.3, -0.25) is 0 Å². The van der Waals surface area contributed by atoms with Crippen LogP contribution >= 0.6 is 0 Å². The minimum Gasteiger partial charge on any atom is -0.390 e. The van der Waals surface area contributed by atoms with Crippen molar-refractivity contribution < 1.29 is 5.11 Å². The van der Waals surface area contributed by atoms with E-state index in [4.69, 9.17) is 0 Å². The van der Waals surface area contributed by atoms with Gasteiger partial charge in [0.2, 0.25) is 0 Å². The van der Waals surface area contributed by atoms with Crippen molar-refractivity contribution in [3.05, 3.63) is 0 Å². The zero-order valence-electron chi connectivity index (χ0n) is 5.06. The molecule has 2 aliphatic rings. The van der Waals surface area contributed by atoms with E-state index in [0.29, 0.717) is 5.92 Å². The number of hydrogen-bond acceptors (Lipinski definition) is 1. The smallest absolute Gasteiger partial charge is 0.0676 e. The van der Waals surface area contributed by atoms with E-state index in [1.807, 2.05) is 0 Å². The van der Waals surface area contributed by atoms with Gasteiger partial charge in [-0.1, -0.05) is 6.42 Å². The Morgan fingerprint density at radius 2 is 2.12 bits per heavy atom. The van der Waals surface area contributed by atoms with Crippen LogP contribution in [0.5, 0.6) is 0 Å². The van der Waals surface area contributed by atoms with Crippen molar-refractivity contribution in [2.24, 2.45) is 5.92 Å². The quantitative estimate of drug-likeness (QED) is 0.501. The lowest BCUT2D eigenvalue weighted by molar-refractivity contribution is -0.0713. The van der Waals surface area contributed by atoms with Gasteiger partial charge in [-0.15, -0.1) is 0 Å². The number of rotatable bonds is 0. The van der Waals surface area contributed by atoms with Gasteiger partial charge < -0.3 is 5.11 Å². The van der Waals surface area contributed by atoms with E-state index in [-0.39, 0.29) is 5.60 Å². The molecular weight excluding hydrogens is 100 g/mol. The Balaban J connectivity index is 2.14. The van der Waals surface area contributed by atoms with Crippen LogP contribution < -0.4 is 0 Å². The first-order valence-electron chi connectivity index (χ1n) is 3.54. The summed E-state index contributed by atoms with van der Waals surface area (Å²) in [6, 6.07) is 0. The molecule has 0 heterocycles. The molecule has 2 atom stereocenters. The average Bonchev–Trinajstić information content (AvgIpc) is 1.94. The monoisotopic (exact) mass is 112 g/mol. The molecule has 0 aromatic rings. The van der Waals surface area contributed by atoms with Crippen molar-refractivity contribution in [1.29, 1.82) is 0 Å². The zero-order chi connectivity index (χ0) is 5.61.